The van der Waals surface area contributed by atoms with Gasteiger partial charge in [0, 0.05) is 24.4 Å². The summed E-state index contributed by atoms with van der Waals surface area (Å²) >= 11 is 0. The molecule has 2 heterocycles. The maximum Gasteiger partial charge on any atom is 0.215 e. The van der Waals surface area contributed by atoms with Crippen molar-refractivity contribution in [3.63, 3.8) is 0 Å². The van der Waals surface area contributed by atoms with E-state index in [9.17, 15) is 8.42 Å². The highest BCUT2D eigenvalue weighted by Gasteiger charge is 2.54. The molecule has 3 atom stereocenters. The van der Waals surface area contributed by atoms with E-state index in [0.29, 0.717) is 12.5 Å². The molecular weight excluding hydrogens is 212 g/mol. The van der Waals surface area contributed by atoms with Crippen molar-refractivity contribution in [3.8, 4) is 0 Å². The fourth-order valence-electron chi connectivity index (χ4n) is 2.60. The summed E-state index contributed by atoms with van der Waals surface area (Å²) in [6, 6.07) is 5.67. The highest BCUT2D eigenvalue weighted by Crippen LogP contribution is 2.47. The predicted octanol–water partition coefficient (Wildman–Crippen LogP) is 0.487. The Balaban J connectivity index is 1.93. The molecule has 1 saturated carbocycles. The highest BCUT2D eigenvalue weighted by molar-refractivity contribution is 7.90. The number of rotatable bonds is 1. The van der Waals surface area contributed by atoms with Crippen molar-refractivity contribution >= 4 is 10.0 Å². The molecule has 1 aromatic rings. The summed E-state index contributed by atoms with van der Waals surface area (Å²) in [5, 5.41) is -0.243. The zero-order chi connectivity index (χ0) is 10.5. The lowest BCUT2D eigenvalue weighted by atomic mass is 9.72. The van der Waals surface area contributed by atoms with Crippen LogP contribution in [0.3, 0.4) is 0 Å². The third-order valence-corrected chi connectivity index (χ3v) is 5.39. The molecule has 0 spiro atoms. The largest absolute Gasteiger partial charge is 0.261 e. The van der Waals surface area contributed by atoms with E-state index in [1.54, 1.807) is 6.20 Å². The van der Waals surface area contributed by atoms with E-state index in [4.69, 9.17) is 0 Å². The van der Waals surface area contributed by atoms with Gasteiger partial charge in [-0.3, -0.25) is 4.98 Å². The number of hydrogen-bond donors (Lipinski definition) is 1. The lowest BCUT2D eigenvalue weighted by molar-refractivity contribution is 0.289. The molecule has 0 radical (unpaired) electrons. The number of pyridine rings is 1. The van der Waals surface area contributed by atoms with Gasteiger partial charge < -0.3 is 0 Å². The molecule has 0 unspecified atom stereocenters. The monoisotopic (exact) mass is 224 g/mol. The van der Waals surface area contributed by atoms with Crippen LogP contribution in [0.1, 0.15) is 18.0 Å². The summed E-state index contributed by atoms with van der Waals surface area (Å²) in [5.74, 6) is 0.387. The molecule has 15 heavy (non-hydrogen) atoms. The van der Waals surface area contributed by atoms with E-state index in [0.717, 1.165) is 12.1 Å². The van der Waals surface area contributed by atoms with E-state index >= 15 is 0 Å². The molecule has 4 nitrogen and oxygen atoms in total. The summed E-state index contributed by atoms with van der Waals surface area (Å²) in [6.07, 6.45) is 2.66. The van der Waals surface area contributed by atoms with Gasteiger partial charge in [-0.25, -0.2) is 13.1 Å². The predicted molar refractivity (Wildman–Crippen MR) is 55.8 cm³/mol. The molecule has 2 aliphatic rings. The van der Waals surface area contributed by atoms with E-state index in [1.165, 1.54) is 0 Å². The second kappa shape index (κ2) is 3.02. The SMILES string of the molecule is O=S1(=O)NC[C@@H]2C[C@@H](c3ccccn3)[C@@H]21. The summed E-state index contributed by atoms with van der Waals surface area (Å²) < 4.78 is 25.9. The van der Waals surface area contributed by atoms with Gasteiger partial charge in [-0.1, -0.05) is 6.07 Å². The van der Waals surface area contributed by atoms with Gasteiger partial charge in [0.2, 0.25) is 10.0 Å². The third-order valence-electron chi connectivity index (χ3n) is 3.39. The van der Waals surface area contributed by atoms with Crippen LogP contribution in [-0.2, 0) is 10.0 Å². The van der Waals surface area contributed by atoms with E-state index in [2.05, 4.69) is 9.71 Å². The number of hydrogen-bond acceptors (Lipinski definition) is 3. The zero-order valence-electron chi connectivity index (χ0n) is 8.13. The normalized spacial score (nSPS) is 36.9. The van der Waals surface area contributed by atoms with Crippen LogP contribution in [0.15, 0.2) is 24.4 Å². The number of nitrogens with one attached hydrogen (secondary N) is 1. The van der Waals surface area contributed by atoms with Gasteiger partial charge in [-0.15, -0.1) is 0 Å². The molecule has 3 rings (SSSR count). The van der Waals surface area contributed by atoms with Gasteiger partial charge in [0.1, 0.15) is 0 Å². The fraction of sp³-hybridized carbons (Fsp3) is 0.500. The molecule has 2 fully saturated rings. The standard InChI is InChI=1S/C10H12N2O2S/c13-15(14)10-7(6-12-15)5-8(10)9-3-1-2-4-11-9/h1-4,7-8,10,12H,5-6H2/t7-,8-,10+/m0/s1. The Morgan fingerprint density at radius 3 is 2.93 bits per heavy atom. The number of nitrogens with zero attached hydrogens (tertiary/aromatic N) is 1. The first-order valence-corrected chi connectivity index (χ1v) is 6.62. The van der Waals surface area contributed by atoms with Crippen LogP contribution in [0.4, 0.5) is 0 Å². The highest BCUT2D eigenvalue weighted by atomic mass is 32.2. The van der Waals surface area contributed by atoms with Gasteiger partial charge in [0.05, 0.1) is 5.25 Å². The van der Waals surface area contributed by atoms with Crippen molar-refractivity contribution in [2.24, 2.45) is 5.92 Å². The van der Waals surface area contributed by atoms with Gasteiger partial charge in [-0.2, -0.15) is 0 Å². The minimum atomic E-state index is -3.07. The Hall–Kier alpha value is -0.940. The maximum atomic E-state index is 11.7. The van der Waals surface area contributed by atoms with Gasteiger partial charge >= 0.3 is 0 Å². The molecule has 1 aliphatic heterocycles. The van der Waals surface area contributed by atoms with Gasteiger partial charge in [-0.05, 0) is 24.5 Å². The van der Waals surface area contributed by atoms with Crippen molar-refractivity contribution in [1.82, 2.24) is 9.71 Å². The quantitative estimate of drug-likeness (QED) is 0.755. The average Bonchev–Trinajstić information content (AvgIpc) is 2.38. The van der Waals surface area contributed by atoms with E-state index in [1.807, 2.05) is 18.2 Å². The Kier molecular flexibility index (Phi) is 1.87. The summed E-state index contributed by atoms with van der Waals surface area (Å²) in [5.41, 5.74) is 0.908. The Morgan fingerprint density at radius 1 is 1.40 bits per heavy atom. The second-order valence-corrected chi connectivity index (χ2v) is 6.14. The van der Waals surface area contributed by atoms with Crippen LogP contribution in [0.5, 0.6) is 0 Å². The molecule has 1 aliphatic carbocycles. The lowest BCUT2D eigenvalue weighted by Crippen LogP contribution is -2.41. The van der Waals surface area contributed by atoms with Crippen LogP contribution >= 0.6 is 0 Å². The van der Waals surface area contributed by atoms with Crippen LogP contribution in [-0.4, -0.2) is 25.2 Å². The molecule has 1 N–H and O–H groups in total. The van der Waals surface area contributed by atoms with Crippen molar-refractivity contribution in [3.05, 3.63) is 30.1 Å². The number of sulfonamides is 1. The van der Waals surface area contributed by atoms with Crippen molar-refractivity contribution in [2.75, 3.05) is 6.54 Å². The summed E-state index contributed by atoms with van der Waals surface area (Å²) in [6.45, 7) is 0.607. The maximum absolute atomic E-state index is 11.7. The molecule has 5 heteroatoms. The van der Waals surface area contributed by atoms with Crippen molar-refractivity contribution in [1.29, 1.82) is 0 Å². The second-order valence-electron chi connectivity index (χ2n) is 4.21. The molecule has 1 saturated heterocycles. The Bertz CT molecular complexity index is 471. The summed E-state index contributed by atoms with van der Waals surface area (Å²) in [7, 11) is -3.07. The first-order chi connectivity index (χ1) is 7.18. The van der Waals surface area contributed by atoms with Crippen molar-refractivity contribution < 1.29 is 8.42 Å². The van der Waals surface area contributed by atoms with Gasteiger partial charge in [0.25, 0.3) is 0 Å². The van der Waals surface area contributed by atoms with E-state index < -0.39 is 10.0 Å². The Labute approximate surface area is 88.8 Å². The lowest BCUT2D eigenvalue weighted by Gasteiger charge is -2.37. The molecule has 0 bridgehead atoms. The van der Waals surface area contributed by atoms with Crippen LogP contribution in [0, 0.1) is 5.92 Å². The molecule has 0 amide bonds. The zero-order valence-corrected chi connectivity index (χ0v) is 8.94. The van der Waals surface area contributed by atoms with Crippen LogP contribution < -0.4 is 4.72 Å². The van der Waals surface area contributed by atoms with E-state index in [-0.39, 0.29) is 11.2 Å². The van der Waals surface area contributed by atoms with Crippen LogP contribution in [0.25, 0.3) is 0 Å². The smallest absolute Gasteiger partial charge is 0.215 e. The molecular formula is C10H12N2O2S. The summed E-state index contributed by atoms with van der Waals surface area (Å²) in [4.78, 5) is 4.23. The number of aromatic nitrogens is 1. The van der Waals surface area contributed by atoms with Crippen LogP contribution in [0.2, 0.25) is 0 Å². The molecule has 80 valence electrons. The molecule has 1 aromatic heterocycles. The number of fused-ring (bicyclic) bond motifs is 1. The minimum Gasteiger partial charge on any atom is -0.261 e. The van der Waals surface area contributed by atoms with Crippen molar-refractivity contribution in [2.45, 2.75) is 17.6 Å². The first kappa shape index (κ1) is 9.30. The topological polar surface area (TPSA) is 59.1 Å². The Morgan fingerprint density at radius 2 is 2.27 bits per heavy atom. The first-order valence-electron chi connectivity index (χ1n) is 5.08. The minimum absolute atomic E-state index is 0.0937. The fourth-order valence-corrected chi connectivity index (χ4v) is 4.64. The molecule has 0 aromatic carbocycles. The average molecular weight is 224 g/mol. The third kappa shape index (κ3) is 1.30. The van der Waals surface area contributed by atoms with Gasteiger partial charge in [0.15, 0.2) is 0 Å².